The number of nitrogens with zero attached hydrogens (tertiary/aromatic N) is 1. The van der Waals surface area contributed by atoms with Crippen molar-refractivity contribution in [3.63, 3.8) is 0 Å². The largest absolute Gasteiger partial charge is 0.408 e. The Morgan fingerprint density at radius 2 is 2.46 bits per heavy atom. The third kappa shape index (κ3) is 3.73. The molecular formula is C9H14N2O2. The number of esters is 1. The highest BCUT2D eigenvalue weighted by molar-refractivity contribution is 5.71. The minimum atomic E-state index is -0.197. The van der Waals surface area contributed by atoms with Gasteiger partial charge in [-0.25, -0.2) is 4.98 Å². The van der Waals surface area contributed by atoms with Gasteiger partial charge in [-0.15, -0.1) is 0 Å². The van der Waals surface area contributed by atoms with E-state index >= 15 is 0 Å². The molecule has 0 saturated heterocycles. The number of ether oxygens (including phenoxy) is 1. The lowest BCUT2D eigenvalue weighted by Crippen LogP contribution is -2.07. The molecule has 13 heavy (non-hydrogen) atoms. The van der Waals surface area contributed by atoms with Gasteiger partial charge in [0.05, 0.1) is 12.5 Å². The van der Waals surface area contributed by atoms with Gasteiger partial charge in [-0.05, 0) is 6.42 Å². The van der Waals surface area contributed by atoms with Crippen LogP contribution < -0.4 is 4.74 Å². The fourth-order valence-electron chi connectivity index (χ4n) is 0.992. The average molecular weight is 182 g/mol. The maximum atomic E-state index is 11.1. The number of aromatic nitrogens is 2. The molecule has 0 bridgehead atoms. The van der Waals surface area contributed by atoms with E-state index in [9.17, 15) is 4.79 Å². The summed E-state index contributed by atoms with van der Waals surface area (Å²) in [7, 11) is 0. The summed E-state index contributed by atoms with van der Waals surface area (Å²) in [6.07, 6.45) is 6.51. The first-order valence-corrected chi connectivity index (χ1v) is 4.52. The van der Waals surface area contributed by atoms with Crippen molar-refractivity contribution in [1.29, 1.82) is 0 Å². The van der Waals surface area contributed by atoms with Crippen LogP contribution in [-0.4, -0.2) is 15.9 Å². The minimum absolute atomic E-state index is 0.197. The van der Waals surface area contributed by atoms with E-state index in [-0.39, 0.29) is 5.97 Å². The van der Waals surface area contributed by atoms with Crippen LogP contribution in [0.1, 0.15) is 32.6 Å². The van der Waals surface area contributed by atoms with Crippen LogP contribution in [0.25, 0.3) is 0 Å². The number of hydrogen-bond acceptors (Lipinski definition) is 3. The average Bonchev–Trinajstić information content (AvgIpc) is 2.57. The molecule has 0 saturated carbocycles. The van der Waals surface area contributed by atoms with Crippen molar-refractivity contribution in [2.75, 3.05) is 0 Å². The van der Waals surface area contributed by atoms with Gasteiger partial charge in [0.1, 0.15) is 0 Å². The number of aromatic amines is 1. The molecule has 4 nitrogen and oxygen atoms in total. The Labute approximate surface area is 77.3 Å². The van der Waals surface area contributed by atoms with Gasteiger partial charge in [0.25, 0.3) is 0 Å². The van der Waals surface area contributed by atoms with Crippen molar-refractivity contribution >= 4 is 5.97 Å². The van der Waals surface area contributed by atoms with Gasteiger partial charge in [0, 0.05) is 6.42 Å². The summed E-state index contributed by atoms with van der Waals surface area (Å²) in [5.74, 6) is 0.221. The lowest BCUT2D eigenvalue weighted by Gasteiger charge is -1.99. The Morgan fingerprint density at radius 3 is 3.08 bits per heavy atom. The molecule has 0 fully saturated rings. The fourth-order valence-corrected chi connectivity index (χ4v) is 0.992. The lowest BCUT2D eigenvalue weighted by atomic mass is 10.2. The van der Waals surface area contributed by atoms with E-state index in [1.807, 2.05) is 0 Å². The highest BCUT2D eigenvalue weighted by atomic mass is 16.5. The summed E-state index contributed by atoms with van der Waals surface area (Å²) in [6, 6.07) is 0. The number of H-pyrrole nitrogens is 1. The molecule has 0 amide bonds. The quantitative estimate of drug-likeness (QED) is 0.559. The van der Waals surface area contributed by atoms with Gasteiger partial charge in [-0.1, -0.05) is 19.8 Å². The predicted octanol–water partition coefficient (Wildman–Crippen LogP) is 1.90. The molecule has 0 aliphatic carbocycles. The second-order valence-corrected chi connectivity index (χ2v) is 2.85. The lowest BCUT2D eigenvalue weighted by molar-refractivity contribution is -0.134. The highest BCUT2D eigenvalue weighted by Crippen LogP contribution is 2.05. The normalized spacial score (nSPS) is 9.92. The van der Waals surface area contributed by atoms with Crippen LogP contribution in [0, 0.1) is 0 Å². The summed E-state index contributed by atoms with van der Waals surface area (Å²) >= 11 is 0. The van der Waals surface area contributed by atoms with E-state index in [4.69, 9.17) is 4.74 Å². The number of imidazole rings is 1. The summed E-state index contributed by atoms with van der Waals surface area (Å²) in [6.45, 7) is 2.10. The van der Waals surface area contributed by atoms with Crippen LogP contribution >= 0.6 is 0 Å². The number of nitrogens with one attached hydrogen (secondary N) is 1. The summed E-state index contributed by atoms with van der Waals surface area (Å²) in [5.41, 5.74) is 0. The van der Waals surface area contributed by atoms with E-state index in [1.165, 1.54) is 12.5 Å². The smallest absolute Gasteiger partial charge is 0.312 e. The molecule has 0 aliphatic heterocycles. The Hall–Kier alpha value is -1.32. The van der Waals surface area contributed by atoms with Gasteiger partial charge in [0.2, 0.25) is 5.88 Å². The molecule has 0 aliphatic rings. The van der Waals surface area contributed by atoms with E-state index in [1.54, 1.807) is 0 Å². The van der Waals surface area contributed by atoms with Gasteiger partial charge in [-0.3, -0.25) is 4.79 Å². The third-order valence-electron chi connectivity index (χ3n) is 1.68. The van der Waals surface area contributed by atoms with Crippen molar-refractivity contribution in [2.45, 2.75) is 32.6 Å². The monoisotopic (exact) mass is 182 g/mol. The Bertz CT molecular complexity index is 244. The Morgan fingerprint density at radius 1 is 1.62 bits per heavy atom. The summed E-state index contributed by atoms with van der Waals surface area (Å²) < 4.78 is 4.94. The van der Waals surface area contributed by atoms with Gasteiger partial charge >= 0.3 is 5.97 Å². The van der Waals surface area contributed by atoms with E-state index < -0.39 is 0 Å². The molecule has 0 aromatic carbocycles. The van der Waals surface area contributed by atoms with Crippen molar-refractivity contribution in [3.05, 3.63) is 12.5 Å². The first-order valence-electron chi connectivity index (χ1n) is 4.52. The molecule has 0 atom stereocenters. The number of carbonyl (C=O) groups excluding carboxylic acids is 1. The molecule has 1 rings (SSSR count). The van der Waals surface area contributed by atoms with Crippen LogP contribution in [-0.2, 0) is 4.79 Å². The highest BCUT2D eigenvalue weighted by Gasteiger charge is 2.04. The molecule has 1 heterocycles. The first kappa shape index (κ1) is 9.77. The molecule has 1 aromatic rings. The zero-order valence-corrected chi connectivity index (χ0v) is 7.75. The molecule has 0 spiro atoms. The second kappa shape index (κ2) is 5.35. The zero-order chi connectivity index (χ0) is 9.52. The molecule has 72 valence electrons. The minimum Gasteiger partial charge on any atom is -0.408 e. The van der Waals surface area contributed by atoms with Gasteiger partial charge in [0.15, 0.2) is 0 Å². The van der Waals surface area contributed by atoms with Crippen LogP contribution in [0.5, 0.6) is 5.88 Å². The molecule has 4 heteroatoms. The molecule has 0 unspecified atom stereocenters. The maximum Gasteiger partial charge on any atom is 0.312 e. The molecule has 0 radical (unpaired) electrons. The zero-order valence-electron chi connectivity index (χ0n) is 7.75. The molecule has 1 aromatic heterocycles. The molecule has 1 N–H and O–H groups in total. The number of rotatable bonds is 5. The number of unbranched alkanes of at least 4 members (excludes halogenated alkanes) is 2. The topological polar surface area (TPSA) is 55.0 Å². The first-order chi connectivity index (χ1) is 6.33. The molecular weight excluding hydrogens is 168 g/mol. The van der Waals surface area contributed by atoms with Crippen molar-refractivity contribution in [2.24, 2.45) is 0 Å². The van der Waals surface area contributed by atoms with Gasteiger partial charge in [-0.2, -0.15) is 0 Å². The second-order valence-electron chi connectivity index (χ2n) is 2.85. The van der Waals surface area contributed by atoms with E-state index in [2.05, 4.69) is 16.9 Å². The van der Waals surface area contributed by atoms with E-state index in [0.717, 1.165) is 19.3 Å². The summed E-state index contributed by atoms with van der Waals surface area (Å²) in [5, 5.41) is 0. The van der Waals surface area contributed by atoms with E-state index in [0.29, 0.717) is 12.3 Å². The standard InChI is InChI=1S/C9H14N2O2/c1-2-3-4-5-9(12)13-8-6-10-7-11-8/h6-7H,2-5H2,1H3,(H,10,11). The van der Waals surface area contributed by atoms with Crippen molar-refractivity contribution in [1.82, 2.24) is 9.97 Å². The third-order valence-corrected chi connectivity index (χ3v) is 1.68. The van der Waals surface area contributed by atoms with Crippen LogP contribution in [0.15, 0.2) is 12.5 Å². The van der Waals surface area contributed by atoms with Crippen molar-refractivity contribution < 1.29 is 9.53 Å². The SMILES string of the molecule is CCCCCC(=O)Oc1cnc[nH]1. The number of hydrogen-bond donors (Lipinski definition) is 1. The summed E-state index contributed by atoms with van der Waals surface area (Å²) in [4.78, 5) is 17.6. The Kier molecular flexibility index (Phi) is 4.02. The Balaban J connectivity index is 2.18. The van der Waals surface area contributed by atoms with Crippen molar-refractivity contribution in [3.8, 4) is 5.88 Å². The van der Waals surface area contributed by atoms with Crippen LogP contribution in [0.2, 0.25) is 0 Å². The maximum absolute atomic E-state index is 11.1. The number of carbonyl (C=O) groups is 1. The van der Waals surface area contributed by atoms with Crippen LogP contribution in [0.3, 0.4) is 0 Å². The van der Waals surface area contributed by atoms with Crippen LogP contribution in [0.4, 0.5) is 0 Å². The predicted molar refractivity (Wildman–Crippen MR) is 48.4 cm³/mol. The fraction of sp³-hybridized carbons (Fsp3) is 0.556. The van der Waals surface area contributed by atoms with Gasteiger partial charge < -0.3 is 9.72 Å².